The normalized spacial score (nSPS) is 17.1. The van der Waals surface area contributed by atoms with Crippen LogP contribution < -0.4 is 11.1 Å². The first kappa shape index (κ1) is 17.0. The van der Waals surface area contributed by atoms with Gasteiger partial charge in [0, 0.05) is 5.41 Å². The first-order valence-electron chi connectivity index (χ1n) is 7.93. The predicted octanol–water partition coefficient (Wildman–Crippen LogP) is 3.41. The molecule has 0 saturated carbocycles. The van der Waals surface area contributed by atoms with E-state index in [0.29, 0.717) is 5.84 Å². The minimum Gasteiger partial charge on any atom is -0.409 e. The van der Waals surface area contributed by atoms with Crippen LogP contribution in [0, 0.1) is 5.41 Å². The van der Waals surface area contributed by atoms with Gasteiger partial charge in [0.05, 0.1) is 0 Å². The van der Waals surface area contributed by atoms with Crippen LogP contribution in [-0.4, -0.2) is 24.1 Å². The van der Waals surface area contributed by atoms with Crippen LogP contribution in [0.25, 0.3) is 0 Å². The number of amidine groups is 1. The molecule has 0 bridgehead atoms. The largest absolute Gasteiger partial charge is 0.409 e. The van der Waals surface area contributed by atoms with E-state index in [9.17, 15) is 0 Å². The number of hydrogen-bond acceptors (Lipinski definition) is 3. The number of nitrogens with one attached hydrogen (secondary N) is 1. The maximum atomic E-state index is 8.71. The Morgan fingerprint density at radius 3 is 2.80 bits per heavy atom. The minimum atomic E-state index is -0.207. The number of hydrogen-bond donors (Lipinski definition) is 3. The summed E-state index contributed by atoms with van der Waals surface area (Å²) in [6, 6.07) is 0. The van der Waals surface area contributed by atoms with Gasteiger partial charge in [-0.1, -0.05) is 37.1 Å². The lowest BCUT2D eigenvalue weighted by atomic mass is 9.86. The molecule has 0 heterocycles. The zero-order chi connectivity index (χ0) is 14.8. The van der Waals surface area contributed by atoms with E-state index in [4.69, 9.17) is 10.9 Å². The van der Waals surface area contributed by atoms with Crippen molar-refractivity contribution in [1.29, 1.82) is 0 Å². The Labute approximate surface area is 123 Å². The summed E-state index contributed by atoms with van der Waals surface area (Å²) in [5.74, 6) is 0.328. The SMILES string of the molecule is CC(C)(CCCCNCCC1=CCCCC1)C(N)=NO. The minimum absolute atomic E-state index is 0.207. The molecule has 0 spiro atoms. The van der Waals surface area contributed by atoms with Crippen LogP contribution in [0.15, 0.2) is 16.8 Å². The number of allylic oxidation sites excluding steroid dienone is 1. The van der Waals surface area contributed by atoms with Crippen molar-refractivity contribution in [2.75, 3.05) is 13.1 Å². The summed E-state index contributed by atoms with van der Waals surface area (Å²) < 4.78 is 0. The van der Waals surface area contributed by atoms with Crippen LogP contribution in [-0.2, 0) is 0 Å². The molecule has 0 aliphatic heterocycles. The Balaban J connectivity index is 2.01. The number of oxime groups is 1. The Kier molecular flexibility index (Phi) is 7.67. The first-order valence-corrected chi connectivity index (χ1v) is 7.93. The average Bonchev–Trinajstić information content (AvgIpc) is 2.46. The summed E-state index contributed by atoms with van der Waals surface area (Å²) in [7, 11) is 0. The lowest BCUT2D eigenvalue weighted by molar-refractivity contribution is 0.304. The van der Waals surface area contributed by atoms with Crippen molar-refractivity contribution in [3.05, 3.63) is 11.6 Å². The molecule has 0 fully saturated rings. The van der Waals surface area contributed by atoms with Crippen molar-refractivity contribution >= 4 is 5.84 Å². The van der Waals surface area contributed by atoms with Crippen molar-refractivity contribution in [1.82, 2.24) is 5.32 Å². The van der Waals surface area contributed by atoms with E-state index in [1.165, 1.54) is 32.1 Å². The van der Waals surface area contributed by atoms with Gasteiger partial charge < -0.3 is 16.3 Å². The quantitative estimate of drug-likeness (QED) is 0.151. The summed E-state index contributed by atoms with van der Waals surface area (Å²) in [5, 5.41) is 15.3. The van der Waals surface area contributed by atoms with E-state index in [0.717, 1.165) is 32.4 Å². The van der Waals surface area contributed by atoms with Crippen molar-refractivity contribution in [3.63, 3.8) is 0 Å². The highest BCUT2D eigenvalue weighted by atomic mass is 16.4. The Morgan fingerprint density at radius 2 is 2.15 bits per heavy atom. The van der Waals surface area contributed by atoms with Gasteiger partial charge in [0.2, 0.25) is 0 Å². The molecule has 4 N–H and O–H groups in total. The van der Waals surface area contributed by atoms with E-state index >= 15 is 0 Å². The monoisotopic (exact) mass is 281 g/mol. The van der Waals surface area contributed by atoms with Gasteiger partial charge in [0.15, 0.2) is 0 Å². The molecule has 116 valence electrons. The molecular formula is C16H31N3O. The summed E-state index contributed by atoms with van der Waals surface area (Å²) in [6.07, 6.45) is 12.1. The Morgan fingerprint density at radius 1 is 1.35 bits per heavy atom. The predicted molar refractivity (Wildman–Crippen MR) is 85.1 cm³/mol. The zero-order valence-corrected chi connectivity index (χ0v) is 13.1. The highest BCUT2D eigenvalue weighted by molar-refractivity contribution is 5.85. The van der Waals surface area contributed by atoms with E-state index < -0.39 is 0 Å². The molecule has 0 unspecified atom stereocenters. The first-order chi connectivity index (χ1) is 9.56. The van der Waals surface area contributed by atoms with Crippen molar-refractivity contribution < 1.29 is 5.21 Å². The van der Waals surface area contributed by atoms with Crippen molar-refractivity contribution in [2.24, 2.45) is 16.3 Å². The molecule has 0 radical (unpaired) electrons. The van der Waals surface area contributed by atoms with Crippen LogP contribution in [0.4, 0.5) is 0 Å². The second-order valence-corrected chi connectivity index (χ2v) is 6.43. The number of nitrogens with two attached hydrogens (primary N) is 1. The average molecular weight is 281 g/mol. The fraction of sp³-hybridized carbons (Fsp3) is 0.812. The molecule has 1 aliphatic carbocycles. The van der Waals surface area contributed by atoms with Gasteiger partial charge in [-0.25, -0.2) is 0 Å². The molecule has 20 heavy (non-hydrogen) atoms. The summed E-state index contributed by atoms with van der Waals surface area (Å²) >= 11 is 0. The second-order valence-electron chi connectivity index (χ2n) is 6.43. The molecule has 0 atom stereocenters. The fourth-order valence-corrected chi connectivity index (χ4v) is 2.59. The smallest absolute Gasteiger partial charge is 0.144 e. The molecular weight excluding hydrogens is 250 g/mol. The topological polar surface area (TPSA) is 70.6 Å². The third-order valence-corrected chi connectivity index (χ3v) is 4.21. The van der Waals surface area contributed by atoms with Gasteiger partial charge in [-0.05, 0) is 58.0 Å². The van der Waals surface area contributed by atoms with Crippen LogP contribution in [0.3, 0.4) is 0 Å². The third-order valence-electron chi connectivity index (χ3n) is 4.21. The standard InChI is InChI=1S/C16H31N3O/c1-16(2,15(17)19-20)11-6-7-12-18-13-10-14-8-4-3-5-9-14/h8,18,20H,3-7,9-13H2,1-2H3,(H2,17,19). The summed E-state index contributed by atoms with van der Waals surface area (Å²) in [6.45, 7) is 6.19. The third kappa shape index (κ3) is 6.42. The lowest BCUT2D eigenvalue weighted by Gasteiger charge is -2.22. The van der Waals surface area contributed by atoms with E-state index in [-0.39, 0.29) is 5.41 Å². The highest BCUT2D eigenvalue weighted by Gasteiger charge is 2.22. The van der Waals surface area contributed by atoms with Gasteiger partial charge in [0.1, 0.15) is 5.84 Å². The molecule has 4 heteroatoms. The number of unbranched alkanes of at least 4 members (excludes halogenated alkanes) is 1. The Bertz CT molecular complexity index is 335. The van der Waals surface area contributed by atoms with E-state index in [2.05, 4.69) is 16.5 Å². The second kappa shape index (κ2) is 9.01. The van der Waals surface area contributed by atoms with Crippen molar-refractivity contribution in [3.8, 4) is 0 Å². The molecule has 1 aliphatic rings. The van der Waals surface area contributed by atoms with Crippen LogP contribution in [0.2, 0.25) is 0 Å². The van der Waals surface area contributed by atoms with Crippen LogP contribution in [0.5, 0.6) is 0 Å². The van der Waals surface area contributed by atoms with Gasteiger partial charge in [-0.15, -0.1) is 0 Å². The Hall–Kier alpha value is -1.03. The molecule has 4 nitrogen and oxygen atoms in total. The molecule has 0 aromatic rings. The number of nitrogens with zero attached hydrogens (tertiary/aromatic N) is 1. The fourth-order valence-electron chi connectivity index (χ4n) is 2.59. The lowest BCUT2D eigenvalue weighted by Crippen LogP contribution is -2.32. The zero-order valence-electron chi connectivity index (χ0n) is 13.1. The van der Waals surface area contributed by atoms with Gasteiger partial charge in [-0.2, -0.15) is 0 Å². The highest BCUT2D eigenvalue weighted by Crippen LogP contribution is 2.23. The number of rotatable bonds is 9. The molecule has 0 saturated heterocycles. The van der Waals surface area contributed by atoms with Gasteiger partial charge in [0.25, 0.3) is 0 Å². The van der Waals surface area contributed by atoms with E-state index in [1.807, 2.05) is 13.8 Å². The molecule has 0 aromatic heterocycles. The van der Waals surface area contributed by atoms with E-state index in [1.54, 1.807) is 5.57 Å². The van der Waals surface area contributed by atoms with Crippen LogP contribution in [0.1, 0.15) is 65.2 Å². The summed E-state index contributed by atoms with van der Waals surface area (Å²) in [5.41, 5.74) is 7.10. The maximum absolute atomic E-state index is 8.71. The molecule has 0 aromatic carbocycles. The van der Waals surface area contributed by atoms with Crippen LogP contribution >= 0.6 is 0 Å². The van der Waals surface area contributed by atoms with Gasteiger partial charge in [-0.3, -0.25) is 0 Å². The molecule has 1 rings (SSSR count). The maximum Gasteiger partial charge on any atom is 0.144 e. The van der Waals surface area contributed by atoms with Crippen molar-refractivity contribution in [2.45, 2.75) is 65.2 Å². The van der Waals surface area contributed by atoms with Gasteiger partial charge >= 0.3 is 0 Å². The molecule has 0 amide bonds. The summed E-state index contributed by atoms with van der Waals surface area (Å²) in [4.78, 5) is 0.